The molecule has 2 aromatic heterocycles. The zero-order chi connectivity index (χ0) is 11.7. The average Bonchev–Trinajstić information content (AvgIpc) is 2.56. The first kappa shape index (κ1) is 10.4. The van der Waals surface area contributed by atoms with Gasteiger partial charge in [-0.1, -0.05) is 0 Å². The van der Waals surface area contributed by atoms with Crippen LogP contribution in [0, 0.1) is 6.92 Å². The molecule has 0 saturated heterocycles. The second-order valence-electron chi connectivity index (χ2n) is 3.31. The van der Waals surface area contributed by atoms with Crippen LogP contribution in [-0.2, 0) is 4.74 Å². The number of aromatic nitrogens is 3. The van der Waals surface area contributed by atoms with Crippen molar-refractivity contribution in [3.05, 3.63) is 34.3 Å². The quantitative estimate of drug-likeness (QED) is 0.749. The number of ether oxygens (including phenoxy) is 1. The number of H-pyrrole nitrogens is 1. The van der Waals surface area contributed by atoms with E-state index in [1.807, 2.05) is 0 Å². The van der Waals surface area contributed by atoms with Crippen LogP contribution in [0.4, 0.5) is 0 Å². The molecule has 84 valence electrons. The van der Waals surface area contributed by atoms with Gasteiger partial charge in [-0.15, -0.1) is 0 Å². The van der Waals surface area contributed by atoms with E-state index in [1.54, 1.807) is 20.0 Å². The summed E-state index contributed by atoms with van der Waals surface area (Å²) in [6, 6.07) is 0. The number of fused-ring (bicyclic) bond motifs is 1. The summed E-state index contributed by atoms with van der Waals surface area (Å²) in [5, 5.41) is 0. The van der Waals surface area contributed by atoms with Gasteiger partial charge < -0.3 is 4.74 Å². The molecule has 0 bridgehead atoms. The minimum absolute atomic E-state index is 0.138. The highest BCUT2D eigenvalue weighted by atomic mass is 16.5. The van der Waals surface area contributed by atoms with Crippen molar-refractivity contribution in [1.82, 2.24) is 14.4 Å². The summed E-state index contributed by atoms with van der Waals surface area (Å²) >= 11 is 0. The number of nitrogens with zero attached hydrogens (tertiary/aromatic N) is 2. The van der Waals surface area contributed by atoms with Gasteiger partial charge in [0.2, 0.25) is 0 Å². The van der Waals surface area contributed by atoms with E-state index in [0.29, 0.717) is 11.2 Å². The Morgan fingerprint density at radius 1 is 1.62 bits per heavy atom. The second-order valence-corrected chi connectivity index (χ2v) is 3.31. The Morgan fingerprint density at radius 2 is 2.38 bits per heavy atom. The average molecular weight is 221 g/mol. The first-order valence-electron chi connectivity index (χ1n) is 4.87. The van der Waals surface area contributed by atoms with E-state index in [9.17, 15) is 9.59 Å². The number of aromatic amines is 1. The van der Waals surface area contributed by atoms with E-state index in [0.717, 1.165) is 0 Å². The summed E-state index contributed by atoms with van der Waals surface area (Å²) < 4.78 is 6.17. The van der Waals surface area contributed by atoms with E-state index in [4.69, 9.17) is 4.74 Å². The molecule has 0 aliphatic heterocycles. The van der Waals surface area contributed by atoms with Crippen LogP contribution >= 0.6 is 0 Å². The van der Waals surface area contributed by atoms with Gasteiger partial charge in [-0.25, -0.2) is 9.59 Å². The zero-order valence-corrected chi connectivity index (χ0v) is 8.98. The Morgan fingerprint density at radius 3 is 3.06 bits per heavy atom. The molecule has 6 heteroatoms. The molecular weight excluding hydrogens is 210 g/mol. The predicted molar refractivity (Wildman–Crippen MR) is 56.5 cm³/mol. The second kappa shape index (κ2) is 3.80. The third kappa shape index (κ3) is 1.58. The number of carbonyl (C=O) groups excluding carboxylic acids is 1. The summed E-state index contributed by atoms with van der Waals surface area (Å²) in [6.07, 6.45) is 3.04. The highest BCUT2D eigenvalue weighted by Gasteiger charge is 2.15. The molecule has 2 aromatic rings. The number of aryl methyl sites for hydroxylation is 1. The molecule has 0 aliphatic rings. The fourth-order valence-corrected chi connectivity index (χ4v) is 1.46. The van der Waals surface area contributed by atoms with Gasteiger partial charge in [0.15, 0.2) is 5.69 Å². The number of rotatable bonds is 2. The fourth-order valence-electron chi connectivity index (χ4n) is 1.46. The van der Waals surface area contributed by atoms with Crippen LogP contribution in [0.2, 0.25) is 0 Å². The van der Waals surface area contributed by atoms with Crippen LogP contribution in [0.3, 0.4) is 0 Å². The molecular formula is C10H11N3O3. The molecule has 0 aliphatic carbocycles. The molecule has 2 heterocycles. The normalized spacial score (nSPS) is 10.6. The van der Waals surface area contributed by atoms with Gasteiger partial charge >= 0.3 is 11.7 Å². The lowest BCUT2D eigenvalue weighted by molar-refractivity contribution is 0.0522. The number of imidazole rings is 1. The molecule has 1 N–H and O–H groups in total. The van der Waals surface area contributed by atoms with Gasteiger partial charge in [-0.05, 0) is 13.8 Å². The number of nitrogens with one attached hydrogen (secondary N) is 1. The molecule has 2 rings (SSSR count). The van der Waals surface area contributed by atoms with E-state index < -0.39 is 5.97 Å². The van der Waals surface area contributed by atoms with Crippen molar-refractivity contribution in [2.75, 3.05) is 6.61 Å². The first-order valence-corrected chi connectivity index (χ1v) is 4.87. The molecule has 0 aromatic carbocycles. The van der Waals surface area contributed by atoms with Crippen LogP contribution in [-0.4, -0.2) is 26.9 Å². The van der Waals surface area contributed by atoms with Gasteiger partial charge in [-0.3, -0.25) is 14.4 Å². The number of esters is 1. The Bertz CT molecular complexity index is 597. The van der Waals surface area contributed by atoms with Crippen molar-refractivity contribution >= 4 is 11.5 Å². The largest absolute Gasteiger partial charge is 0.461 e. The monoisotopic (exact) mass is 221 g/mol. The van der Waals surface area contributed by atoms with Crippen LogP contribution in [0.15, 0.2) is 17.2 Å². The van der Waals surface area contributed by atoms with E-state index >= 15 is 0 Å². The minimum atomic E-state index is -0.548. The molecule has 6 nitrogen and oxygen atoms in total. The smallest absolute Gasteiger partial charge is 0.357 e. The predicted octanol–water partition coefficient (Wildman–Crippen LogP) is 0.508. The maximum absolute atomic E-state index is 11.5. The van der Waals surface area contributed by atoms with Gasteiger partial charge in [0, 0.05) is 6.20 Å². The molecule has 0 amide bonds. The molecule has 0 saturated carbocycles. The molecule has 0 spiro atoms. The lowest BCUT2D eigenvalue weighted by atomic mass is 10.4. The minimum Gasteiger partial charge on any atom is -0.461 e. The van der Waals surface area contributed by atoms with Gasteiger partial charge in [0.1, 0.15) is 0 Å². The van der Waals surface area contributed by atoms with E-state index in [2.05, 4.69) is 9.97 Å². The fraction of sp³-hybridized carbons (Fsp3) is 0.300. The highest BCUT2D eigenvalue weighted by Crippen LogP contribution is 2.07. The SMILES string of the molecule is CCOC(=O)c1[nH]c(=O)n2cc(C)ncc12. The van der Waals surface area contributed by atoms with Gasteiger partial charge in [0.05, 0.1) is 24.0 Å². The summed E-state index contributed by atoms with van der Waals surface area (Å²) in [6.45, 7) is 3.73. The maximum atomic E-state index is 11.5. The van der Waals surface area contributed by atoms with Gasteiger partial charge in [-0.2, -0.15) is 0 Å². The molecule has 0 fully saturated rings. The van der Waals surface area contributed by atoms with E-state index in [-0.39, 0.29) is 18.0 Å². The molecule has 0 unspecified atom stereocenters. The van der Waals surface area contributed by atoms with Crippen molar-refractivity contribution < 1.29 is 9.53 Å². The van der Waals surface area contributed by atoms with Gasteiger partial charge in [0.25, 0.3) is 0 Å². The lowest BCUT2D eigenvalue weighted by Gasteiger charge is -1.99. The van der Waals surface area contributed by atoms with Crippen molar-refractivity contribution in [1.29, 1.82) is 0 Å². The van der Waals surface area contributed by atoms with Crippen LogP contribution in [0.1, 0.15) is 23.1 Å². The Labute approximate surface area is 90.9 Å². The summed E-state index contributed by atoms with van der Waals surface area (Å²) in [5.74, 6) is -0.548. The lowest BCUT2D eigenvalue weighted by Crippen LogP contribution is -2.10. The van der Waals surface area contributed by atoms with Crippen molar-refractivity contribution in [2.24, 2.45) is 0 Å². The molecule has 16 heavy (non-hydrogen) atoms. The number of hydrogen-bond donors (Lipinski definition) is 1. The van der Waals surface area contributed by atoms with Crippen molar-refractivity contribution in [2.45, 2.75) is 13.8 Å². The van der Waals surface area contributed by atoms with Crippen LogP contribution in [0.5, 0.6) is 0 Å². The number of hydrogen-bond acceptors (Lipinski definition) is 4. The molecule has 0 atom stereocenters. The van der Waals surface area contributed by atoms with Crippen LogP contribution < -0.4 is 5.69 Å². The maximum Gasteiger partial charge on any atom is 0.357 e. The third-order valence-electron chi connectivity index (χ3n) is 2.15. The number of carbonyl (C=O) groups is 1. The first-order chi connectivity index (χ1) is 7.63. The van der Waals surface area contributed by atoms with Crippen LogP contribution in [0.25, 0.3) is 5.52 Å². The highest BCUT2D eigenvalue weighted by molar-refractivity contribution is 5.94. The van der Waals surface area contributed by atoms with E-state index in [1.165, 1.54) is 10.6 Å². The standard InChI is InChI=1S/C10H11N3O3/c1-3-16-9(14)8-7-4-11-6(2)5-13(7)10(15)12-8/h4-5H,3H2,1-2H3,(H,12,15). The van der Waals surface area contributed by atoms with Crippen molar-refractivity contribution in [3.8, 4) is 0 Å². The summed E-state index contributed by atoms with van der Waals surface area (Å²) in [4.78, 5) is 29.5. The summed E-state index contributed by atoms with van der Waals surface area (Å²) in [5.41, 5.74) is 0.890. The Kier molecular flexibility index (Phi) is 2.47. The Balaban J connectivity index is 2.64. The van der Waals surface area contributed by atoms with Crippen molar-refractivity contribution in [3.63, 3.8) is 0 Å². The third-order valence-corrected chi connectivity index (χ3v) is 2.15. The summed E-state index contributed by atoms with van der Waals surface area (Å²) in [7, 11) is 0. The topological polar surface area (TPSA) is 76.5 Å². The zero-order valence-electron chi connectivity index (χ0n) is 8.98. The molecule has 0 radical (unpaired) electrons. The Hall–Kier alpha value is -2.11.